The Labute approximate surface area is 142 Å². The molecule has 0 bridgehead atoms. The van der Waals surface area contributed by atoms with Gasteiger partial charge in [0.25, 0.3) is 11.5 Å². The summed E-state index contributed by atoms with van der Waals surface area (Å²) in [6.45, 7) is 0. The van der Waals surface area contributed by atoms with Crippen molar-refractivity contribution < 1.29 is 19.4 Å². The Kier molecular flexibility index (Phi) is 5.25. The zero-order valence-electron chi connectivity index (χ0n) is 12.9. The van der Waals surface area contributed by atoms with Gasteiger partial charge < -0.3 is 19.7 Å². The number of H-pyrrole nitrogens is 1. The van der Waals surface area contributed by atoms with Gasteiger partial charge >= 0.3 is 5.97 Å². The third-order valence-corrected chi connectivity index (χ3v) is 3.76. The summed E-state index contributed by atoms with van der Waals surface area (Å²) in [5.41, 5.74) is -0.0302. The zero-order chi connectivity index (χ0) is 17.9. The van der Waals surface area contributed by atoms with Crippen LogP contribution in [0.4, 0.5) is 0 Å². The summed E-state index contributed by atoms with van der Waals surface area (Å²) in [6.07, 6.45) is 1.19. The van der Waals surface area contributed by atoms with E-state index in [0.29, 0.717) is 11.3 Å². The largest absolute Gasteiger partial charge is 0.497 e. The molecule has 1 amide bonds. The summed E-state index contributed by atoms with van der Waals surface area (Å²) < 4.78 is 5.03. The van der Waals surface area contributed by atoms with Gasteiger partial charge in [0.1, 0.15) is 10.8 Å². The van der Waals surface area contributed by atoms with Gasteiger partial charge in [-0.2, -0.15) is 0 Å². The molecule has 7 nitrogen and oxygen atoms in total. The molecule has 0 saturated carbocycles. The number of pyridine rings is 1. The highest BCUT2D eigenvalue weighted by molar-refractivity contribution is 6.30. The van der Waals surface area contributed by atoms with Crippen molar-refractivity contribution in [3.63, 3.8) is 0 Å². The second kappa shape index (κ2) is 7.18. The van der Waals surface area contributed by atoms with E-state index < -0.39 is 23.5 Å². The van der Waals surface area contributed by atoms with Gasteiger partial charge in [-0.1, -0.05) is 23.7 Å². The van der Waals surface area contributed by atoms with Gasteiger partial charge in [0.15, 0.2) is 6.04 Å². The average Bonchev–Trinajstić information content (AvgIpc) is 2.57. The monoisotopic (exact) mass is 350 g/mol. The van der Waals surface area contributed by atoms with Gasteiger partial charge in [0.05, 0.1) is 12.7 Å². The molecule has 0 spiro atoms. The molecule has 2 aromatic rings. The van der Waals surface area contributed by atoms with Crippen LogP contribution in [0.25, 0.3) is 0 Å². The molecule has 0 aliphatic heterocycles. The van der Waals surface area contributed by atoms with Gasteiger partial charge in [0.2, 0.25) is 0 Å². The Balaban J connectivity index is 2.35. The molecule has 1 aromatic carbocycles. The number of carboxylic acids is 1. The first-order valence-electron chi connectivity index (χ1n) is 6.87. The lowest BCUT2D eigenvalue weighted by Gasteiger charge is -2.25. The summed E-state index contributed by atoms with van der Waals surface area (Å²) in [5.74, 6) is -1.20. The molecular weight excluding hydrogens is 336 g/mol. The van der Waals surface area contributed by atoms with E-state index in [1.54, 1.807) is 24.3 Å². The number of carbonyl (C=O) groups is 2. The topological polar surface area (TPSA) is 99.7 Å². The Hall–Kier alpha value is -2.80. The number of aromatic nitrogens is 1. The molecular formula is C16H15ClN2O5. The highest BCUT2D eigenvalue weighted by atomic mass is 35.5. The van der Waals surface area contributed by atoms with Crippen molar-refractivity contribution in [3.8, 4) is 5.75 Å². The molecule has 1 heterocycles. The number of carboxylic acid groups (broad SMARTS) is 1. The number of amides is 1. The van der Waals surface area contributed by atoms with Crippen molar-refractivity contribution in [1.82, 2.24) is 9.88 Å². The van der Waals surface area contributed by atoms with E-state index in [-0.39, 0.29) is 10.6 Å². The molecule has 0 radical (unpaired) electrons. The molecule has 2 N–H and O–H groups in total. The summed E-state index contributed by atoms with van der Waals surface area (Å²) in [4.78, 5) is 38.8. The maximum absolute atomic E-state index is 12.5. The smallest absolute Gasteiger partial charge is 0.331 e. The molecule has 126 valence electrons. The number of hydrogen-bond donors (Lipinski definition) is 2. The molecule has 24 heavy (non-hydrogen) atoms. The number of likely N-dealkylation sites (N-methyl/N-ethyl adjacent to an activating group) is 1. The van der Waals surface area contributed by atoms with Crippen LogP contribution < -0.4 is 10.3 Å². The summed E-state index contributed by atoms with van der Waals surface area (Å²) >= 11 is 5.71. The predicted molar refractivity (Wildman–Crippen MR) is 87.5 cm³/mol. The summed E-state index contributed by atoms with van der Waals surface area (Å²) in [6, 6.07) is 6.37. The first-order valence-corrected chi connectivity index (χ1v) is 7.25. The van der Waals surface area contributed by atoms with Crippen LogP contribution in [0.5, 0.6) is 5.75 Å². The number of rotatable bonds is 5. The van der Waals surface area contributed by atoms with E-state index >= 15 is 0 Å². The van der Waals surface area contributed by atoms with E-state index in [2.05, 4.69) is 4.98 Å². The number of hydrogen-bond acceptors (Lipinski definition) is 4. The molecule has 0 fully saturated rings. The number of nitrogens with one attached hydrogen (secondary N) is 1. The summed E-state index contributed by atoms with van der Waals surface area (Å²) in [7, 11) is 2.86. The average molecular weight is 351 g/mol. The lowest BCUT2D eigenvalue weighted by molar-refractivity contribution is -0.142. The second-order valence-electron chi connectivity index (χ2n) is 5.00. The molecule has 8 heteroatoms. The van der Waals surface area contributed by atoms with E-state index in [1.807, 2.05) is 0 Å². The molecule has 0 unspecified atom stereocenters. The Morgan fingerprint density at radius 3 is 2.42 bits per heavy atom. The van der Waals surface area contributed by atoms with Crippen molar-refractivity contribution in [2.24, 2.45) is 0 Å². The first kappa shape index (κ1) is 17.6. The number of nitrogens with zero attached hydrogens (tertiary/aromatic N) is 1. The molecule has 0 aliphatic rings. The van der Waals surface area contributed by atoms with Crippen molar-refractivity contribution in [3.05, 3.63) is 63.0 Å². The third kappa shape index (κ3) is 3.57. The van der Waals surface area contributed by atoms with Crippen LogP contribution >= 0.6 is 11.6 Å². The minimum absolute atomic E-state index is 0.0851. The number of aromatic amines is 1. The predicted octanol–water partition coefficient (Wildman–Crippen LogP) is 1.93. The number of benzene rings is 1. The highest BCUT2D eigenvalue weighted by Crippen LogP contribution is 2.24. The summed E-state index contributed by atoms with van der Waals surface area (Å²) in [5, 5.41) is 9.36. The number of carbonyl (C=O) groups excluding carboxylic acids is 1. The van der Waals surface area contributed by atoms with Gasteiger partial charge in [-0.25, -0.2) is 4.79 Å². The van der Waals surface area contributed by atoms with E-state index in [9.17, 15) is 19.5 Å². The van der Waals surface area contributed by atoms with Crippen molar-refractivity contribution in [1.29, 1.82) is 0 Å². The number of halogens is 1. The Morgan fingerprint density at radius 2 is 1.92 bits per heavy atom. The minimum atomic E-state index is -1.20. The van der Waals surface area contributed by atoms with Crippen molar-refractivity contribution >= 4 is 23.5 Å². The van der Waals surface area contributed by atoms with Crippen molar-refractivity contribution in [2.75, 3.05) is 14.2 Å². The van der Waals surface area contributed by atoms with Crippen LogP contribution in [0.2, 0.25) is 5.02 Å². The zero-order valence-corrected chi connectivity index (χ0v) is 13.7. The highest BCUT2D eigenvalue weighted by Gasteiger charge is 2.29. The number of methoxy groups -OCH3 is 1. The van der Waals surface area contributed by atoms with Crippen LogP contribution in [0.1, 0.15) is 22.0 Å². The first-order chi connectivity index (χ1) is 11.3. The molecule has 2 rings (SSSR count). The van der Waals surface area contributed by atoms with Crippen LogP contribution in [0.3, 0.4) is 0 Å². The van der Waals surface area contributed by atoms with Crippen molar-refractivity contribution in [2.45, 2.75) is 6.04 Å². The van der Waals surface area contributed by atoms with Gasteiger partial charge in [-0.15, -0.1) is 0 Å². The SMILES string of the molecule is COc1ccc([C@H](C(=O)O)N(C)C(=O)c2c[nH]c(=O)c(Cl)c2)cc1. The normalized spacial score (nSPS) is 11.6. The standard InChI is InChI=1S/C16H15ClN2O5/c1-19(15(21)10-7-12(17)14(20)18-8-10)13(16(22)23)9-3-5-11(24-2)6-4-9/h3-8,13H,1-2H3,(H,18,20)(H,22,23)/t13-/m1/s1. The maximum atomic E-state index is 12.5. The Bertz CT molecular complexity index is 816. The van der Waals surface area contributed by atoms with E-state index in [4.69, 9.17) is 16.3 Å². The maximum Gasteiger partial charge on any atom is 0.331 e. The van der Waals surface area contributed by atoms with E-state index in [1.165, 1.54) is 26.4 Å². The Morgan fingerprint density at radius 1 is 1.29 bits per heavy atom. The third-order valence-electron chi connectivity index (χ3n) is 3.48. The van der Waals surface area contributed by atoms with Gasteiger partial charge in [-0.05, 0) is 23.8 Å². The molecule has 0 saturated heterocycles. The second-order valence-corrected chi connectivity index (χ2v) is 5.40. The van der Waals surface area contributed by atoms with Crippen LogP contribution in [-0.4, -0.2) is 41.0 Å². The van der Waals surface area contributed by atoms with E-state index in [0.717, 1.165) is 4.90 Å². The molecule has 0 aliphatic carbocycles. The fourth-order valence-electron chi connectivity index (χ4n) is 2.22. The van der Waals surface area contributed by atoms with Gasteiger partial charge in [-0.3, -0.25) is 9.59 Å². The fraction of sp³-hybridized carbons (Fsp3) is 0.188. The van der Waals surface area contributed by atoms with Crippen LogP contribution in [0, 0.1) is 0 Å². The fourth-order valence-corrected chi connectivity index (χ4v) is 2.39. The number of ether oxygens (including phenoxy) is 1. The minimum Gasteiger partial charge on any atom is -0.497 e. The lowest BCUT2D eigenvalue weighted by Crippen LogP contribution is -2.36. The van der Waals surface area contributed by atoms with Crippen LogP contribution in [0.15, 0.2) is 41.3 Å². The molecule has 1 atom stereocenters. The van der Waals surface area contributed by atoms with Crippen LogP contribution in [-0.2, 0) is 4.79 Å². The number of aliphatic carboxylic acids is 1. The molecule has 1 aromatic heterocycles. The quantitative estimate of drug-likeness (QED) is 0.858. The lowest BCUT2D eigenvalue weighted by atomic mass is 10.0. The van der Waals surface area contributed by atoms with Gasteiger partial charge in [0, 0.05) is 13.2 Å².